The van der Waals surface area contributed by atoms with Crippen molar-refractivity contribution in [1.82, 2.24) is 24.8 Å². The number of carbonyl (C=O) groups is 1. The lowest BCUT2D eigenvalue weighted by atomic mass is 10.1. The molecule has 1 aliphatic rings. The zero-order valence-electron chi connectivity index (χ0n) is 19.4. The van der Waals surface area contributed by atoms with Gasteiger partial charge < -0.3 is 9.72 Å². The second-order valence-corrected chi connectivity index (χ2v) is 10.4. The van der Waals surface area contributed by atoms with Gasteiger partial charge in [0.2, 0.25) is 0 Å². The minimum atomic E-state index is -0.521. The van der Waals surface area contributed by atoms with E-state index in [-0.39, 0.29) is 12.1 Å². The molecule has 2 aromatic carbocycles. The van der Waals surface area contributed by atoms with Gasteiger partial charge in [0.25, 0.3) is 0 Å². The Kier molecular flexibility index (Phi) is 5.85. The van der Waals surface area contributed by atoms with Crippen LogP contribution in [0.15, 0.2) is 59.3 Å². The van der Waals surface area contributed by atoms with Gasteiger partial charge in [0.05, 0.1) is 40.9 Å². The SMILES string of the molecule is CC(C)(C)OC(=O)N1CCCC1c1ncc(-c2ccc(-c3cnc4cc(Br)ccc4n3)cc2)[nH]1. The monoisotopic (exact) mass is 519 g/mol. The number of halogens is 1. The number of rotatable bonds is 3. The fourth-order valence-corrected chi connectivity index (χ4v) is 4.54. The van der Waals surface area contributed by atoms with Gasteiger partial charge in [0.1, 0.15) is 11.4 Å². The van der Waals surface area contributed by atoms with Crippen LogP contribution in [0.1, 0.15) is 45.5 Å². The first-order chi connectivity index (χ1) is 16.3. The van der Waals surface area contributed by atoms with Crippen molar-refractivity contribution in [3.63, 3.8) is 0 Å². The molecule has 0 radical (unpaired) electrons. The molecule has 34 heavy (non-hydrogen) atoms. The van der Waals surface area contributed by atoms with Gasteiger partial charge in [-0.15, -0.1) is 0 Å². The first-order valence-corrected chi connectivity index (χ1v) is 12.1. The molecule has 0 aliphatic carbocycles. The minimum Gasteiger partial charge on any atom is -0.444 e. The number of aromatic nitrogens is 4. The first kappa shape index (κ1) is 22.5. The predicted molar refractivity (Wildman–Crippen MR) is 135 cm³/mol. The topological polar surface area (TPSA) is 84.0 Å². The Morgan fingerprint density at radius 3 is 2.59 bits per heavy atom. The number of hydrogen-bond acceptors (Lipinski definition) is 5. The molecule has 0 bridgehead atoms. The Morgan fingerprint density at radius 2 is 1.82 bits per heavy atom. The zero-order chi connectivity index (χ0) is 23.9. The highest BCUT2D eigenvalue weighted by atomic mass is 79.9. The van der Waals surface area contributed by atoms with E-state index in [4.69, 9.17) is 9.72 Å². The maximum Gasteiger partial charge on any atom is 0.410 e. The van der Waals surface area contributed by atoms with Gasteiger partial charge in [-0.25, -0.2) is 14.8 Å². The van der Waals surface area contributed by atoms with Crippen LogP contribution in [-0.2, 0) is 4.74 Å². The van der Waals surface area contributed by atoms with Crippen molar-refractivity contribution < 1.29 is 9.53 Å². The third kappa shape index (κ3) is 4.68. The molecule has 7 nitrogen and oxygen atoms in total. The Hall–Kier alpha value is -3.26. The molecule has 8 heteroatoms. The molecule has 0 spiro atoms. The van der Waals surface area contributed by atoms with Crippen molar-refractivity contribution in [2.45, 2.75) is 45.3 Å². The summed E-state index contributed by atoms with van der Waals surface area (Å²) in [5, 5.41) is 0. The lowest BCUT2D eigenvalue weighted by Gasteiger charge is -2.27. The second kappa shape index (κ2) is 8.83. The number of nitrogens with zero attached hydrogens (tertiary/aromatic N) is 4. The summed E-state index contributed by atoms with van der Waals surface area (Å²) in [5.74, 6) is 0.786. The molecule has 5 rings (SSSR count). The quantitative estimate of drug-likeness (QED) is 0.333. The maximum atomic E-state index is 12.6. The molecule has 3 heterocycles. The molecule has 1 atom stereocenters. The molecular formula is C26H26BrN5O2. The van der Waals surface area contributed by atoms with Crippen molar-refractivity contribution in [2.75, 3.05) is 6.54 Å². The minimum absolute atomic E-state index is 0.101. The number of nitrogens with one attached hydrogen (secondary N) is 1. The molecule has 1 saturated heterocycles. The maximum absolute atomic E-state index is 12.6. The fourth-order valence-electron chi connectivity index (χ4n) is 4.19. The molecule has 1 fully saturated rings. The van der Waals surface area contributed by atoms with Gasteiger partial charge in [-0.3, -0.25) is 9.88 Å². The number of benzene rings is 2. The summed E-state index contributed by atoms with van der Waals surface area (Å²) in [6, 6.07) is 13.9. The van der Waals surface area contributed by atoms with Crippen LogP contribution < -0.4 is 0 Å². The van der Waals surface area contributed by atoms with E-state index in [0.717, 1.165) is 56.7 Å². The number of aromatic amines is 1. The highest BCUT2D eigenvalue weighted by Gasteiger charge is 2.34. The first-order valence-electron chi connectivity index (χ1n) is 11.3. The van der Waals surface area contributed by atoms with Crippen LogP contribution >= 0.6 is 15.9 Å². The van der Waals surface area contributed by atoms with E-state index in [1.54, 1.807) is 11.1 Å². The standard InChI is InChI=1S/C26H26BrN5O2/c1-26(2,3)34-25(33)32-12-4-5-23(32)24-29-15-22(31-24)17-8-6-16(7-9-17)21-14-28-20-13-18(27)10-11-19(20)30-21/h6-11,13-15,23H,4-5,12H2,1-3H3,(H,29,31). The summed E-state index contributed by atoms with van der Waals surface area (Å²) < 4.78 is 6.57. The Labute approximate surface area is 206 Å². The normalized spacial score (nSPS) is 16.2. The number of hydrogen-bond donors (Lipinski definition) is 1. The van der Waals surface area contributed by atoms with E-state index in [1.165, 1.54) is 0 Å². The van der Waals surface area contributed by atoms with Crippen molar-refractivity contribution >= 4 is 33.1 Å². The average molecular weight is 520 g/mol. The Bertz CT molecular complexity index is 1340. The van der Waals surface area contributed by atoms with Crippen LogP contribution in [0.5, 0.6) is 0 Å². The highest BCUT2D eigenvalue weighted by molar-refractivity contribution is 9.10. The van der Waals surface area contributed by atoms with Crippen molar-refractivity contribution in [2.24, 2.45) is 0 Å². The van der Waals surface area contributed by atoms with Crippen molar-refractivity contribution in [3.8, 4) is 22.5 Å². The fraction of sp³-hybridized carbons (Fsp3) is 0.308. The van der Waals surface area contributed by atoms with Crippen LogP contribution in [0.25, 0.3) is 33.5 Å². The summed E-state index contributed by atoms with van der Waals surface area (Å²) in [6.07, 6.45) is 5.12. The number of amides is 1. The molecule has 1 unspecified atom stereocenters. The predicted octanol–water partition coefficient (Wildman–Crippen LogP) is 6.52. The molecule has 1 N–H and O–H groups in total. The summed E-state index contributed by atoms with van der Waals surface area (Å²) in [5.41, 5.74) is 4.93. The molecule has 1 amide bonds. The van der Waals surface area contributed by atoms with E-state index < -0.39 is 5.60 Å². The van der Waals surface area contributed by atoms with Gasteiger partial charge in [-0.05, 0) is 57.4 Å². The molecule has 1 aliphatic heterocycles. The third-order valence-electron chi connectivity index (χ3n) is 5.79. The zero-order valence-corrected chi connectivity index (χ0v) is 21.0. The smallest absolute Gasteiger partial charge is 0.410 e. The summed E-state index contributed by atoms with van der Waals surface area (Å²) in [6.45, 7) is 6.32. The molecule has 0 saturated carbocycles. The van der Waals surface area contributed by atoms with Gasteiger partial charge in [0.15, 0.2) is 0 Å². The number of H-pyrrole nitrogens is 1. The van der Waals surface area contributed by atoms with Gasteiger partial charge >= 0.3 is 6.09 Å². The van der Waals surface area contributed by atoms with Gasteiger partial charge in [-0.2, -0.15) is 0 Å². The van der Waals surface area contributed by atoms with Crippen LogP contribution in [-0.4, -0.2) is 43.1 Å². The van der Waals surface area contributed by atoms with Crippen molar-refractivity contribution in [3.05, 3.63) is 65.2 Å². The lowest BCUT2D eigenvalue weighted by molar-refractivity contribution is 0.0218. The van der Waals surface area contributed by atoms with Crippen LogP contribution in [0.3, 0.4) is 0 Å². The number of likely N-dealkylation sites (tertiary alicyclic amines) is 1. The van der Waals surface area contributed by atoms with Crippen LogP contribution in [0, 0.1) is 0 Å². The number of fused-ring (bicyclic) bond motifs is 1. The number of carbonyl (C=O) groups excluding carboxylic acids is 1. The Balaban J connectivity index is 1.34. The van der Waals surface area contributed by atoms with Crippen molar-refractivity contribution in [1.29, 1.82) is 0 Å². The average Bonchev–Trinajstić information content (AvgIpc) is 3.47. The van der Waals surface area contributed by atoms with E-state index in [1.807, 2.05) is 69.4 Å². The number of imidazole rings is 1. The summed E-state index contributed by atoms with van der Waals surface area (Å²) in [7, 11) is 0. The third-order valence-corrected chi connectivity index (χ3v) is 6.28. The van der Waals surface area contributed by atoms with Crippen LogP contribution in [0.4, 0.5) is 4.79 Å². The van der Waals surface area contributed by atoms with E-state index in [0.29, 0.717) is 6.54 Å². The molecule has 174 valence electrons. The molecular weight excluding hydrogens is 494 g/mol. The van der Waals surface area contributed by atoms with Gasteiger partial charge in [-0.1, -0.05) is 40.2 Å². The highest BCUT2D eigenvalue weighted by Crippen LogP contribution is 2.33. The summed E-state index contributed by atoms with van der Waals surface area (Å²) in [4.78, 5) is 31.7. The Morgan fingerprint density at radius 1 is 1.06 bits per heavy atom. The van der Waals surface area contributed by atoms with Gasteiger partial charge in [0, 0.05) is 16.6 Å². The van der Waals surface area contributed by atoms with E-state index >= 15 is 0 Å². The second-order valence-electron chi connectivity index (χ2n) is 9.48. The lowest BCUT2D eigenvalue weighted by Crippen LogP contribution is -2.36. The number of ether oxygens (including phenoxy) is 1. The summed E-state index contributed by atoms with van der Waals surface area (Å²) >= 11 is 3.47. The van der Waals surface area contributed by atoms with Crippen LogP contribution in [0.2, 0.25) is 0 Å². The van der Waals surface area contributed by atoms with E-state index in [9.17, 15) is 4.79 Å². The molecule has 4 aromatic rings. The molecule has 2 aromatic heterocycles. The van der Waals surface area contributed by atoms with E-state index in [2.05, 4.69) is 30.9 Å². The largest absolute Gasteiger partial charge is 0.444 e.